The van der Waals surface area contributed by atoms with Crippen LogP contribution in [-0.4, -0.2) is 0 Å². The molecule has 2 fully saturated rings. The van der Waals surface area contributed by atoms with Crippen molar-refractivity contribution in [1.29, 1.82) is 0 Å². The maximum atomic E-state index is 2.30. The lowest BCUT2D eigenvalue weighted by Gasteiger charge is -1.98. The molecule has 2 atom stereocenters. The molecule has 0 aromatic carbocycles. The van der Waals surface area contributed by atoms with Crippen LogP contribution in [0.25, 0.3) is 0 Å². The Morgan fingerprint density at radius 1 is 1.08 bits per heavy atom. The minimum atomic E-state index is 1.16. The van der Waals surface area contributed by atoms with Gasteiger partial charge in [0.05, 0.1) is 0 Å². The highest BCUT2D eigenvalue weighted by molar-refractivity contribution is 4.90. The first-order valence-electron chi connectivity index (χ1n) is 5.90. The highest BCUT2D eigenvalue weighted by atomic mass is 14.4. The SMILES string of the molecule is CCCCC[C@@H]1C[C@H]1CC1CC1. The molecule has 0 amide bonds. The molecule has 0 spiro atoms. The predicted molar refractivity (Wildman–Crippen MR) is 53.1 cm³/mol. The molecule has 12 heavy (non-hydrogen) atoms. The highest BCUT2D eigenvalue weighted by Gasteiger charge is 2.39. The third kappa shape index (κ3) is 2.50. The Kier molecular flexibility index (Phi) is 2.73. The topological polar surface area (TPSA) is 0 Å². The van der Waals surface area contributed by atoms with Gasteiger partial charge in [0.1, 0.15) is 0 Å². The molecular formula is C12H22. The van der Waals surface area contributed by atoms with Gasteiger partial charge in [0.15, 0.2) is 0 Å². The van der Waals surface area contributed by atoms with E-state index in [4.69, 9.17) is 0 Å². The van der Waals surface area contributed by atoms with Crippen molar-refractivity contribution < 1.29 is 0 Å². The zero-order chi connectivity index (χ0) is 8.39. The van der Waals surface area contributed by atoms with Crippen molar-refractivity contribution in [3.63, 3.8) is 0 Å². The van der Waals surface area contributed by atoms with Gasteiger partial charge in [-0.3, -0.25) is 0 Å². The molecule has 2 saturated carbocycles. The van der Waals surface area contributed by atoms with Crippen molar-refractivity contribution in [3.05, 3.63) is 0 Å². The Morgan fingerprint density at radius 2 is 1.92 bits per heavy atom. The Morgan fingerprint density at radius 3 is 2.58 bits per heavy atom. The summed E-state index contributed by atoms with van der Waals surface area (Å²) in [5, 5.41) is 0. The van der Waals surface area contributed by atoms with Crippen molar-refractivity contribution in [2.75, 3.05) is 0 Å². The van der Waals surface area contributed by atoms with Gasteiger partial charge in [0.25, 0.3) is 0 Å². The van der Waals surface area contributed by atoms with E-state index < -0.39 is 0 Å². The van der Waals surface area contributed by atoms with Gasteiger partial charge in [-0.1, -0.05) is 45.4 Å². The molecule has 0 aromatic heterocycles. The van der Waals surface area contributed by atoms with Gasteiger partial charge in [-0.2, -0.15) is 0 Å². The molecule has 0 N–H and O–H groups in total. The molecule has 2 aliphatic rings. The number of unbranched alkanes of at least 4 members (excludes halogenated alkanes) is 2. The minimum absolute atomic E-state index is 1.16. The average Bonchev–Trinajstić information content (AvgIpc) is 2.92. The maximum Gasteiger partial charge on any atom is -0.0380 e. The van der Waals surface area contributed by atoms with Crippen LogP contribution in [0.3, 0.4) is 0 Å². The zero-order valence-corrected chi connectivity index (χ0v) is 8.39. The van der Waals surface area contributed by atoms with E-state index in [0.29, 0.717) is 0 Å². The summed E-state index contributed by atoms with van der Waals surface area (Å²) in [6, 6.07) is 0. The van der Waals surface area contributed by atoms with Crippen molar-refractivity contribution in [2.24, 2.45) is 17.8 Å². The molecule has 0 unspecified atom stereocenters. The molecule has 2 aliphatic carbocycles. The summed E-state index contributed by atoms with van der Waals surface area (Å²) in [6.45, 7) is 2.30. The van der Waals surface area contributed by atoms with E-state index in [2.05, 4.69) is 6.92 Å². The van der Waals surface area contributed by atoms with Crippen LogP contribution in [-0.2, 0) is 0 Å². The van der Waals surface area contributed by atoms with Crippen LogP contribution in [0, 0.1) is 17.8 Å². The molecule has 2 rings (SSSR count). The molecular weight excluding hydrogens is 144 g/mol. The molecule has 0 bridgehead atoms. The first kappa shape index (κ1) is 8.59. The fraction of sp³-hybridized carbons (Fsp3) is 1.00. The van der Waals surface area contributed by atoms with E-state index in [1.165, 1.54) is 31.1 Å². The number of rotatable bonds is 6. The summed E-state index contributed by atoms with van der Waals surface area (Å²) in [5.41, 5.74) is 0. The Balaban J connectivity index is 1.48. The first-order chi connectivity index (χ1) is 5.90. The Labute approximate surface area is 76.7 Å². The first-order valence-corrected chi connectivity index (χ1v) is 5.90. The largest absolute Gasteiger partial charge is 0.0654 e. The lowest BCUT2D eigenvalue weighted by atomic mass is 10.1. The van der Waals surface area contributed by atoms with E-state index in [9.17, 15) is 0 Å². The second kappa shape index (κ2) is 3.81. The third-order valence-corrected chi connectivity index (χ3v) is 3.58. The van der Waals surface area contributed by atoms with Crippen molar-refractivity contribution in [3.8, 4) is 0 Å². The standard InChI is InChI=1S/C12H22/c1-2-3-4-5-11-9-12(11)8-10-6-7-10/h10-12H,2-9H2,1H3/t11-,12-/m1/s1. The third-order valence-electron chi connectivity index (χ3n) is 3.58. The van der Waals surface area contributed by atoms with Gasteiger partial charge >= 0.3 is 0 Å². The normalized spacial score (nSPS) is 33.8. The van der Waals surface area contributed by atoms with Gasteiger partial charge < -0.3 is 0 Å². The van der Waals surface area contributed by atoms with E-state index >= 15 is 0 Å². The lowest BCUT2D eigenvalue weighted by Crippen LogP contribution is -1.85. The summed E-state index contributed by atoms with van der Waals surface area (Å²) < 4.78 is 0. The molecule has 0 nitrogen and oxygen atoms in total. The zero-order valence-electron chi connectivity index (χ0n) is 8.39. The van der Waals surface area contributed by atoms with Crippen molar-refractivity contribution >= 4 is 0 Å². The lowest BCUT2D eigenvalue weighted by molar-refractivity contribution is 0.543. The van der Waals surface area contributed by atoms with E-state index in [1.807, 2.05) is 0 Å². The summed E-state index contributed by atoms with van der Waals surface area (Å²) >= 11 is 0. The molecule has 0 aliphatic heterocycles. The van der Waals surface area contributed by atoms with Crippen LogP contribution < -0.4 is 0 Å². The van der Waals surface area contributed by atoms with Crippen LogP contribution in [0.15, 0.2) is 0 Å². The van der Waals surface area contributed by atoms with Crippen LogP contribution in [0.2, 0.25) is 0 Å². The average molecular weight is 166 g/mol. The van der Waals surface area contributed by atoms with E-state index in [1.54, 1.807) is 32.1 Å². The van der Waals surface area contributed by atoms with Crippen LogP contribution in [0.1, 0.15) is 58.3 Å². The second-order valence-corrected chi connectivity index (χ2v) is 4.93. The van der Waals surface area contributed by atoms with Gasteiger partial charge in [0.2, 0.25) is 0 Å². The molecule has 0 heteroatoms. The maximum absolute atomic E-state index is 2.30. The highest BCUT2D eigenvalue weighted by Crippen LogP contribution is 2.50. The molecule has 0 radical (unpaired) electrons. The van der Waals surface area contributed by atoms with Gasteiger partial charge in [-0.15, -0.1) is 0 Å². The quantitative estimate of drug-likeness (QED) is 0.523. The minimum Gasteiger partial charge on any atom is -0.0654 e. The van der Waals surface area contributed by atoms with Gasteiger partial charge in [-0.25, -0.2) is 0 Å². The molecule has 0 saturated heterocycles. The summed E-state index contributed by atoms with van der Waals surface area (Å²) in [5.74, 6) is 3.51. The van der Waals surface area contributed by atoms with Crippen molar-refractivity contribution in [2.45, 2.75) is 58.3 Å². The molecule has 70 valence electrons. The number of hydrogen-bond acceptors (Lipinski definition) is 0. The van der Waals surface area contributed by atoms with Crippen LogP contribution in [0.4, 0.5) is 0 Å². The Bertz CT molecular complexity index is 135. The smallest absolute Gasteiger partial charge is 0.0380 e. The van der Waals surface area contributed by atoms with Crippen LogP contribution in [0.5, 0.6) is 0 Å². The molecule has 0 heterocycles. The van der Waals surface area contributed by atoms with E-state index in [0.717, 1.165) is 5.92 Å². The molecule has 0 aromatic rings. The number of hydrogen-bond donors (Lipinski definition) is 0. The van der Waals surface area contributed by atoms with E-state index in [-0.39, 0.29) is 0 Å². The monoisotopic (exact) mass is 166 g/mol. The van der Waals surface area contributed by atoms with Gasteiger partial charge in [-0.05, 0) is 30.6 Å². The van der Waals surface area contributed by atoms with Gasteiger partial charge in [0, 0.05) is 0 Å². The van der Waals surface area contributed by atoms with Crippen molar-refractivity contribution in [1.82, 2.24) is 0 Å². The van der Waals surface area contributed by atoms with Crippen LogP contribution >= 0.6 is 0 Å². The second-order valence-electron chi connectivity index (χ2n) is 4.93. The summed E-state index contributed by atoms with van der Waals surface area (Å²) in [7, 11) is 0. The Hall–Kier alpha value is 0. The fourth-order valence-corrected chi connectivity index (χ4v) is 2.39. The summed E-state index contributed by atoms with van der Waals surface area (Å²) in [4.78, 5) is 0. The fourth-order valence-electron chi connectivity index (χ4n) is 2.39. The summed E-state index contributed by atoms with van der Waals surface area (Å²) in [6.07, 6.45) is 12.2. The predicted octanol–water partition coefficient (Wildman–Crippen LogP) is 4.00.